The first-order valence-corrected chi connectivity index (χ1v) is 8.29. The van der Waals surface area contributed by atoms with E-state index in [1.54, 1.807) is 12.1 Å². The lowest BCUT2D eigenvalue weighted by atomic mass is 9.93. The van der Waals surface area contributed by atoms with Crippen molar-refractivity contribution in [2.24, 2.45) is 5.92 Å². The molecule has 0 aliphatic carbocycles. The van der Waals surface area contributed by atoms with E-state index in [9.17, 15) is 5.11 Å². The van der Waals surface area contributed by atoms with E-state index in [1.807, 2.05) is 6.92 Å². The van der Waals surface area contributed by atoms with Gasteiger partial charge in [-0.25, -0.2) is 4.85 Å². The Hall–Kier alpha value is -2.45. The minimum absolute atomic E-state index is 0.0718. The van der Waals surface area contributed by atoms with Crippen LogP contribution in [0.1, 0.15) is 24.1 Å². The Morgan fingerprint density at radius 3 is 2.83 bits per heavy atom. The summed E-state index contributed by atoms with van der Waals surface area (Å²) in [5, 5.41) is 18.9. The maximum Gasteiger partial charge on any atom is 0.190 e. The Bertz CT molecular complexity index is 781. The van der Waals surface area contributed by atoms with E-state index in [2.05, 4.69) is 33.1 Å². The second kappa shape index (κ2) is 6.98. The van der Waals surface area contributed by atoms with Crippen molar-refractivity contribution in [1.29, 1.82) is 0 Å². The Morgan fingerprint density at radius 2 is 2.17 bits per heavy atom. The van der Waals surface area contributed by atoms with E-state index in [0.29, 0.717) is 22.9 Å². The number of rotatable bonds is 3. The van der Waals surface area contributed by atoms with Crippen LogP contribution in [0.4, 0.5) is 5.69 Å². The van der Waals surface area contributed by atoms with Crippen molar-refractivity contribution in [2.75, 3.05) is 20.1 Å². The molecule has 0 saturated carbocycles. The highest BCUT2D eigenvalue weighted by Gasteiger charge is 2.19. The van der Waals surface area contributed by atoms with Crippen LogP contribution in [0.25, 0.3) is 16.1 Å². The lowest BCUT2D eigenvalue weighted by molar-refractivity contribution is 0.208. The molecule has 124 valence electrons. The number of aromatic hydroxyl groups is 1. The van der Waals surface area contributed by atoms with Gasteiger partial charge in [0.15, 0.2) is 5.69 Å². The maximum absolute atomic E-state index is 10.1. The molecule has 1 saturated heterocycles. The summed E-state index contributed by atoms with van der Waals surface area (Å²) in [7, 11) is 2.17. The second-order valence-corrected chi connectivity index (χ2v) is 6.66. The number of aryl methyl sites for hydroxylation is 1. The molecule has 1 aromatic carbocycles. The molecule has 24 heavy (non-hydrogen) atoms. The third kappa shape index (κ3) is 3.55. The number of phenolic OH excluding ortho intramolecular Hbond substituents is 1. The smallest absolute Gasteiger partial charge is 0.190 e. The lowest BCUT2D eigenvalue weighted by Crippen LogP contribution is -2.33. The van der Waals surface area contributed by atoms with Crippen molar-refractivity contribution >= 4 is 5.69 Å². The summed E-state index contributed by atoms with van der Waals surface area (Å²) in [6.07, 6.45) is 3.43. The fourth-order valence-electron chi connectivity index (χ4n) is 3.43. The Labute approximate surface area is 142 Å². The van der Waals surface area contributed by atoms with E-state index in [1.165, 1.54) is 25.5 Å². The van der Waals surface area contributed by atoms with Crippen LogP contribution in [-0.4, -0.2) is 40.3 Å². The molecule has 1 fully saturated rings. The molecule has 5 nitrogen and oxygen atoms in total. The van der Waals surface area contributed by atoms with Gasteiger partial charge < -0.3 is 10.0 Å². The molecule has 0 radical (unpaired) electrons. The van der Waals surface area contributed by atoms with E-state index in [4.69, 9.17) is 6.57 Å². The fraction of sp³-hybridized carbons (Fsp3) is 0.421. The van der Waals surface area contributed by atoms with Crippen molar-refractivity contribution in [3.05, 3.63) is 46.9 Å². The van der Waals surface area contributed by atoms with Gasteiger partial charge in [-0.3, -0.25) is 0 Å². The molecule has 1 aliphatic rings. The molecule has 1 N–H and O–H groups in total. The van der Waals surface area contributed by atoms with Gasteiger partial charge in [-0.15, -0.1) is 5.10 Å². The molecule has 1 aliphatic heterocycles. The van der Waals surface area contributed by atoms with Gasteiger partial charge in [-0.1, -0.05) is 12.1 Å². The van der Waals surface area contributed by atoms with Gasteiger partial charge in [-0.05, 0) is 63.4 Å². The molecule has 1 atom stereocenters. The summed E-state index contributed by atoms with van der Waals surface area (Å²) >= 11 is 0. The first-order valence-electron chi connectivity index (χ1n) is 8.29. The molecule has 1 aromatic heterocycles. The quantitative estimate of drug-likeness (QED) is 0.877. The van der Waals surface area contributed by atoms with E-state index >= 15 is 0 Å². The minimum atomic E-state index is 0.0718. The molecule has 3 rings (SSSR count). The van der Waals surface area contributed by atoms with Gasteiger partial charge in [0.1, 0.15) is 5.75 Å². The van der Waals surface area contributed by atoms with Gasteiger partial charge in [0.2, 0.25) is 0 Å². The molecule has 5 heteroatoms. The van der Waals surface area contributed by atoms with Crippen LogP contribution < -0.4 is 0 Å². The summed E-state index contributed by atoms with van der Waals surface area (Å²) in [6.45, 7) is 11.3. The standard InChI is InChI=1S/C19H22N4O/c1-13-9-16(10-14-5-4-8-23(3)12-14)21-22-19(13)17-7-6-15(20-2)11-18(17)24/h6-7,9,11,14,24H,4-5,8,10,12H2,1,3H3/t14-/m0/s1. The number of benzene rings is 1. The minimum Gasteiger partial charge on any atom is -0.509 e. The summed E-state index contributed by atoms with van der Waals surface area (Å²) in [4.78, 5) is 5.70. The number of phenols is 1. The third-order valence-electron chi connectivity index (χ3n) is 4.62. The van der Waals surface area contributed by atoms with E-state index < -0.39 is 0 Å². The van der Waals surface area contributed by atoms with Gasteiger partial charge >= 0.3 is 0 Å². The fourth-order valence-corrected chi connectivity index (χ4v) is 3.43. The molecule has 0 amide bonds. The highest BCUT2D eigenvalue weighted by molar-refractivity contribution is 5.72. The van der Waals surface area contributed by atoms with Crippen molar-refractivity contribution in [3.8, 4) is 17.0 Å². The van der Waals surface area contributed by atoms with Crippen LogP contribution in [0.3, 0.4) is 0 Å². The van der Waals surface area contributed by atoms with E-state index in [0.717, 1.165) is 24.2 Å². The SMILES string of the molecule is [C-]#[N+]c1ccc(-c2nnc(C[C@@H]3CCCN(C)C3)cc2C)c(O)c1. The van der Waals surface area contributed by atoms with Crippen molar-refractivity contribution in [1.82, 2.24) is 15.1 Å². The predicted molar refractivity (Wildman–Crippen MR) is 94.1 cm³/mol. The zero-order chi connectivity index (χ0) is 17.1. The molecular formula is C19H22N4O. The summed E-state index contributed by atoms with van der Waals surface area (Å²) < 4.78 is 0. The summed E-state index contributed by atoms with van der Waals surface area (Å²) in [5.74, 6) is 0.706. The van der Waals surface area contributed by atoms with Crippen LogP contribution in [0.15, 0.2) is 24.3 Å². The molecule has 0 unspecified atom stereocenters. The Kier molecular flexibility index (Phi) is 4.77. The number of hydrogen-bond acceptors (Lipinski definition) is 4. The van der Waals surface area contributed by atoms with Crippen molar-refractivity contribution in [3.63, 3.8) is 0 Å². The zero-order valence-electron chi connectivity index (χ0n) is 14.2. The van der Waals surface area contributed by atoms with Gasteiger partial charge in [-0.2, -0.15) is 5.10 Å². The van der Waals surface area contributed by atoms with E-state index in [-0.39, 0.29) is 5.75 Å². The van der Waals surface area contributed by atoms with Crippen LogP contribution >= 0.6 is 0 Å². The van der Waals surface area contributed by atoms with Gasteiger partial charge in [0.25, 0.3) is 0 Å². The molecular weight excluding hydrogens is 300 g/mol. The number of hydrogen-bond donors (Lipinski definition) is 1. The number of aromatic nitrogens is 2. The monoisotopic (exact) mass is 322 g/mol. The van der Waals surface area contributed by atoms with Gasteiger partial charge in [0.05, 0.1) is 18.0 Å². The molecule has 2 aromatic rings. The van der Waals surface area contributed by atoms with Gasteiger partial charge in [0, 0.05) is 12.1 Å². The second-order valence-electron chi connectivity index (χ2n) is 6.66. The van der Waals surface area contributed by atoms with Crippen LogP contribution in [-0.2, 0) is 6.42 Å². The highest BCUT2D eigenvalue weighted by Crippen LogP contribution is 2.33. The molecule has 0 bridgehead atoms. The zero-order valence-corrected chi connectivity index (χ0v) is 14.2. The average molecular weight is 322 g/mol. The highest BCUT2D eigenvalue weighted by atomic mass is 16.3. The van der Waals surface area contributed by atoms with Crippen LogP contribution in [0.2, 0.25) is 0 Å². The first-order chi connectivity index (χ1) is 11.6. The number of likely N-dealkylation sites (tertiary alicyclic amines) is 1. The number of nitrogens with zero attached hydrogens (tertiary/aromatic N) is 4. The Balaban J connectivity index is 1.81. The van der Waals surface area contributed by atoms with Crippen LogP contribution in [0.5, 0.6) is 5.75 Å². The lowest BCUT2D eigenvalue weighted by Gasteiger charge is -2.29. The number of piperidine rings is 1. The largest absolute Gasteiger partial charge is 0.509 e. The topological polar surface area (TPSA) is 53.6 Å². The molecule has 0 spiro atoms. The van der Waals surface area contributed by atoms with Crippen molar-refractivity contribution < 1.29 is 5.11 Å². The average Bonchev–Trinajstić information content (AvgIpc) is 2.55. The third-order valence-corrected chi connectivity index (χ3v) is 4.62. The Morgan fingerprint density at radius 1 is 1.33 bits per heavy atom. The first kappa shape index (κ1) is 16.4. The summed E-state index contributed by atoms with van der Waals surface area (Å²) in [6, 6.07) is 6.96. The maximum atomic E-state index is 10.1. The normalized spacial score (nSPS) is 18.3. The van der Waals surface area contributed by atoms with Crippen molar-refractivity contribution in [2.45, 2.75) is 26.2 Å². The summed E-state index contributed by atoms with van der Waals surface area (Å²) in [5.41, 5.74) is 3.72. The predicted octanol–water partition coefficient (Wildman–Crippen LogP) is 3.59. The van der Waals surface area contributed by atoms with Crippen LogP contribution in [0, 0.1) is 19.4 Å². The molecule has 2 heterocycles.